The quantitative estimate of drug-likeness (QED) is 0.419. The van der Waals surface area contributed by atoms with Crippen LogP contribution in [0.25, 0.3) is 10.9 Å². The molecule has 1 saturated heterocycles. The van der Waals surface area contributed by atoms with Crippen molar-refractivity contribution in [3.63, 3.8) is 0 Å². The fraction of sp³-hybridized carbons (Fsp3) is 0.360. The largest absolute Gasteiger partial charge is 0.496 e. The standard InChI is InChI=1S/C25H30N8O2/c1-16-7-8-20(35-4)17(2)24(16)28-25-18-14-26-22(13-19(18)31(3)30-25)27-21-9-12-33(29-21)15-23(34)32-10-5-6-11-32/h7-9,12-14H,5-6,10-11,15H2,1-4H3,(H,28,30)(H,26,27,29). The lowest BCUT2D eigenvalue weighted by Gasteiger charge is -2.14. The summed E-state index contributed by atoms with van der Waals surface area (Å²) in [6.07, 6.45) is 5.76. The summed E-state index contributed by atoms with van der Waals surface area (Å²) in [5.74, 6) is 2.94. The second-order valence-corrected chi connectivity index (χ2v) is 8.88. The summed E-state index contributed by atoms with van der Waals surface area (Å²) in [6.45, 7) is 6.00. The normalized spacial score (nSPS) is 13.4. The van der Waals surface area contributed by atoms with E-state index in [9.17, 15) is 4.79 Å². The molecule has 0 spiro atoms. The fourth-order valence-electron chi connectivity index (χ4n) is 4.53. The van der Waals surface area contributed by atoms with Crippen molar-refractivity contribution in [1.82, 2.24) is 29.4 Å². The van der Waals surface area contributed by atoms with Crippen LogP contribution in [-0.4, -0.2) is 55.6 Å². The number of likely N-dealkylation sites (tertiary alicyclic amines) is 1. The van der Waals surface area contributed by atoms with Crippen LogP contribution >= 0.6 is 0 Å². The molecule has 0 unspecified atom stereocenters. The zero-order valence-electron chi connectivity index (χ0n) is 20.5. The van der Waals surface area contributed by atoms with Gasteiger partial charge < -0.3 is 20.3 Å². The van der Waals surface area contributed by atoms with Gasteiger partial charge in [0, 0.05) is 55.9 Å². The number of carbonyl (C=O) groups is 1. The first-order valence-corrected chi connectivity index (χ1v) is 11.7. The summed E-state index contributed by atoms with van der Waals surface area (Å²) in [6, 6.07) is 7.77. The molecular formula is C25H30N8O2. The molecule has 182 valence electrons. The summed E-state index contributed by atoms with van der Waals surface area (Å²) in [7, 11) is 3.58. The van der Waals surface area contributed by atoms with Gasteiger partial charge in [0.2, 0.25) is 5.91 Å². The Labute approximate surface area is 203 Å². The summed E-state index contributed by atoms with van der Waals surface area (Å²) >= 11 is 0. The zero-order valence-corrected chi connectivity index (χ0v) is 20.5. The molecule has 0 radical (unpaired) electrons. The Kier molecular flexibility index (Phi) is 6.02. The van der Waals surface area contributed by atoms with Gasteiger partial charge in [0.1, 0.15) is 18.1 Å². The van der Waals surface area contributed by atoms with Crippen LogP contribution in [0.5, 0.6) is 5.75 Å². The number of pyridine rings is 1. The van der Waals surface area contributed by atoms with Crippen molar-refractivity contribution in [2.24, 2.45) is 7.05 Å². The number of nitrogens with one attached hydrogen (secondary N) is 2. The molecule has 0 bridgehead atoms. The van der Waals surface area contributed by atoms with Crippen LogP contribution in [0, 0.1) is 13.8 Å². The lowest BCUT2D eigenvalue weighted by Crippen LogP contribution is -2.31. The highest BCUT2D eigenvalue weighted by Gasteiger charge is 2.19. The number of hydrogen-bond acceptors (Lipinski definition) is 7. The van der Waals surface area contributed by atoms with E-state index in [1.807, 2.05) is 47.8 Å². The molecule has 1 aliphatic heterocycles. The Balaban J connectivity index is 1.34. The van der Waals surface area contributed by atoms with E-state index in [-0.39, 0.29) is 12.5 Å². The van der Waals surface area contributed by atoms with Crippen molar-refractivity contribution in [3.8, 4) is 5.75 Å². The average Bonchev–Trinajstić information content (AvgIpc) is 3.59. The van der Waals surface area contributed by atoms with Gasteiger partial charge in [0.25, 0.3) is 0 Å². The molecule has 35 heavy (non-hydrogen) atoms. The number of anilines is 4. The van der Waals surface area contributed by atoms with Crippen LogP contribution in [0.4, 0.5) is 23.1 Å². The van der Waals surface area contributed by atoms with Crippen molar-refractivity contribution >= 4 is 40.0 Å². The minimum atomic E-state index is 0.105. The minimum absolute atomic E-state index is 0.105. The first kappa shape index (κ1) is 22.7. The lowest BCUT2D eigenvalue weighted by molar-refractivity contribution is -0.130. The zero-order chi connectivity index (χ0) is 24.5. The van der Waals surface area contributed by atoms with Crippen LogP contribution < -0.4 is 15.4 Å². The molecule has 4 heterocycles. The predicted octanol–water partition coefficient (Wildman–Crippen LogP) is 3.90. The maximum absolute atomic E-state index is 12.4. The Morgan fingerprint density at radius 1 is 1.09 bits per heavy atom. The summed E-state index contributed by atoms with van der Waals surface area (Å²) in [4.78, 5) is 18.9. The molecule has 1 aromatic carbocycles. The van der Waals surface area contributed by atoms with Gasteiger partial charge in [-0.25, -0.2) is 4.98 Å². The Bertz CT molecular complexity index is 1380. The average molecular weight is 475 g/mol. The van der Waals surface area contributed by atoms with Crippen LogP contribution in [-0.2, 0) is 18.4 Å². The Morgan fingerprint density at radius 2 is 1.89 bits per heavy atom. The van der Waals surface area contributed by atoms with Crippen molar-refractivity contribution < 1.29 is 9.53 Å². The van der Waals surface area contributed by atoms with Gasteiger partial charge in [0.05, 0.1) is 18.0 Å². The van der Waals surface area contributed by atoms with E-state index < -0.39 is 0 Å². The SMILES string of the molecule is COc1ccc(C)c(Nc2nn(C)c3cc(Nc4ccn(CC(=O)N5CCCC5)n4)ncc23)c1C. The Hall–Kier alpha value is -4.08. The number of hydrogen-bond donors (Lipinski definition) is 2. The third kappa shape index (κ3) is 4.51. The maximum Gasteiger partial charge on any atom is 0.244 e. The molecule has 0 aliphatic carbocycles. The summed E-state index contributed by atoms with van der Waals surface area (Å²) in [5, 5.41) is 16.8. The second-order valence-electron chi connectivity index (χ2n) is 8.88. The van der Waals surface area contributed by atoms with Gasteiger partial charge in [-0.15, -0.1) is 0 Å². The van der Waals surface area contributed by atoms with Gasteiger partial charge in [-0.2, -0.15) is 10.2 Å². The monoisotopic (exact) mass is 474 g/mol. The van der Waals surface area contributed by atoms with Gasteiger partial charge in [0.15, 0.2) is 11.6 Å². The van der Waals surface area contributed by atoms with Crippen molar-refractivity contribution in [2.75, 3.05) is 30.8 Å². The number of aryl methyl sites for hydroxylation is 2. The molecule has 1 amide bonds. The summed E-state index contributed by atoms with van der Waals surface area (Å²) in [5.41, 5.74) is 4.02. The highest BCUT2D eigenvalue weighted by molar-refractivity contribution is 5.93. The minimum Gasteiger partial charge on any atom is -0.496 e. The number of carbonyl (C=O) groups excluding carboxylic acids is 1. The van der Waals surface area contributed by atoms with Crippen molar-refractivity contribution in [3.05, 3.63) is 47.8 Å². The van der Waals surface area contributed by atoms with E-state index in [0.717, 1.165) is 65.2 Å². The molecule has 0 saturated carbocycles. The molecule has 10 nitrogen and oxygen atoms in total. The molecule has 1 fully saturated rings. The number of fused-ring (bicyclic) bond motifs is 1. The molecule has 3 aromatic heterocycles. The highest BCUT2D eigenvalue weighted by atomic mass is 16.5. The topological polar surface area (TPSA) is 102 Å². The van der Waals surface area contributed by atoms with E-state index in [4.69, 9.17) is 4.74 Å². The molecule has 5 rings (SSSR count). The number of ether oxygens (including phenoxy) is 1. The molecule has 4 aromatic rings. The number of aromatic nitrogens is 5. The van der Waals surface area contributed by atoms with Crippen LogP contribution in [0.3, 0.4) is 0 Å². The molecule has 2 N–H and O–H groups in total. The third-order valence-corrected chi connectivity index (χ3v) is 6.48. The molecule has 10 heteroatoms. The molecule has 0 atom stereocenters. The number of benzene rings is 1. The van der Waals surface area contributed by atoms with Gasteiger partial charge in [-0.1, -0.05) is 6.07 Å². The summed E-state index contributed by atoms with van der Waals surface area (Å²) < 4.78 is 8.96. The van der Waals surface area contributed by atoms with E-state index in [1.54, 1.807) is 24.2 Å². The number of methoxy groups -OCH3 is 1. The third-order valence-electron chi connectivity index (χ3n) is 6.48. The fourth-order valence-corrected chi connectivity index (χ4v) is 4.53. The van der Waals surface area contributed by atoms with Gasteiger partial charge in [-0.3, -0.25) is 14.2 Å². The number of amides is 1. The van der Waals surface area contributed by atoms with E-state index in [2.05, 4.69) is 32.7 Å². The second kappa shape index (κ2) is 9.28. The maximum atomic E-state index is 12.4. The number of rotatable bonds is 7. The van der Waals surface area contributed by atoms with Gasteiger partial charge >= 0.3 is 0 Å². The highest BCUT2D eigenvalue weighted by Crippen LogP contribution is 2.33. The first-order chi connectivity index (χ1) is 16.9. The molecular weight excluding hydrogens is 444 g/mol. The Morgan fingerprint density at radius 3 is 2.66 bits per heavy atom. The van der Waals surface area contributed by atoms with Crippen molar-refractivity contribution in [2.45, 2.75) is 33.2 Å². The predicted molar refractivity (Wildman–Crippen MR) is 136 cm³/mol. The van der Waals surface area contributed by atoms with Crippen molar-refractivity contribution in [1.29, 1.82) is 0 Å². The van der Waals surface area contributed by atoms with Crippen LogP contribution in [0.15, 0.2) is 36.7 Å². The van der Waals surface area contributed by atoms with E-state index in [0.29, 0.717) is 11.6 Å². The molecule has 1 aliphatic rings. The van der Waals surface area contributed by atoms with E-state index >= 15 is 0 Å². The number of nitrogens with zero attached hydrogens (tertiary/aromatic N) is 6. The first-order valence-electron chi connectivity index (χ1n) is 11.7. The lowest BCUT2D eigenvalue weighted by atomic mass is 10.1. The van der Waals surface area contributed by atoms with Crippen LogP contribution in [0.1, 0.15) is 24.0 Å². The van der Waals surface area contributed by atoms with Gasteiger partial charge in [-0.05, 0) is 38.3 Å². The smallest absolute Gasteiger partial charge is 0.244 e. The van der Waals surface area contributed by atoms with Crippen LogP contribution in [0.2, 0.25) is 0 Å². The van der Waals surface area contributed by atoms with E-state index in [1.165, 1.54) is 0 Å².